The molecule has 0 aliphatic heterocycles. The van der Waals surface area contributed by atoms with Crippen LogP contribution in [0, 0.1) is 11.6 Å². The molecule has 4 rings (SSSR count). The van der Waals surface area contributed by atoms with Gasteiger partial charge in [-0.2, -0.15) is 5.10 Å². The molecule has 10 nitrogen and oxygen atoms in total. The Morgan fingerprint density at radius 1 is 1.23 bits per heavy atom. The number of carbonyl (C=O) groups is 1. The summed E-state index contributed by atoms with van der Waals surface area (Å²) in [5.74, 6) is -2.62. The zero-order valence-corrected chi connectivity index (χ0v) is 18.9. The summed E-state index contributed by atoms with van der Waals surface area (Å²) in [5.41, 5.74) is -0.00958. The maximum absolute atomic E-state index is 14.8. The third-order valence-corrected chi connectivity index (χ3v) is 5.09. The molecule has 1 atom stereocenters. The Morgan fingerprint density at radius 2 is 1.91 bits per heavy atom. The molecule has 12 heteroatoms. The maximum Gasteiger partial charge on any atom is 0.247 e. The van der Waals surface area contributed by atoms with Gasteiger partial charge in [-0.1, -0.05) is 6.58 Å². The molecule has 3 heterocycles. The van der Waals surface area contributed by atoms with Gasteiger partial charge < -0.3 is 29.6 Å². The van der Waals surface area contributed by atoms with E-state index in [2.05, 4.69) is 27.3 Å². The van der Waals surface area contributed by atoms with Gasteiger partial charge >= 0.3 is 0 Å². The van der Waals surface area contributed by atoms with Crippen molar-refractivity contribution in [2.24, 2.45) is 7.05 Å². The number of hydrogen-bond donors (Lipinski definition) is 3. The number of furan rings is 1. The lowest BCUT2D eigenvalue weighted by Gasteiger charge is -2.15. The van der Waals surface area contributed by atoms with E-state index in [0.29, 0.717) is 22.7 Å². The summed E-state index contributed by atoms with van der Waals surface area (Å²) in [6.07, 6.45) is 2.31. The molecule has 0 saturated heterocycles. The van der Waals surface area contributed by atoms with E-state index in [4.69, 9.17) is 13.9 Å². The number of aliphatic hydroxyl groups is 1. The Bertz CT molecular complexity index is 1400. The van der Waals surface area contributed by atoms with E-state index in [-0.39, 0.29) is 22.8 Å². The summed E-state index contributed by atoms with van der Waals surface area (Å²) in [6, 6.07) is 4.06. The number of anilines is 3. The average Bonchev–Trinajstić information content (AvgIpc) is 3.41. The number of nitrogens with zero attached hydrogens (tertiary/aromatic N) is 3. The molecular weight excluding hydrogens is 464 g/mol. The topological polar surface area (TPSA) is 124 Å². The fourth-order valence-corrected chi connectivity index (χ4v) is 3.43. The number of aryl methyl sites for hydroxylation is 1. The molecule has 3 N–H and O–H groups in total. The van der Waals surface area contributed by atoms with Gasteiger partial charge in [-0.05, 0) is 18.2 Å². The van der Waals surface area contributed by atoms with Crippen LogP contribution >= 0.6 is 0 Å². The molecular formula is C23H21F2N5O5. The highest BCUT2D eigenvalue weighted by Crippen LogP contribution is 2.38. The van der Waals surface area contributed by atoms with Crippen LogP contribution in [0.1, 0.15) is 17.4 Å². The molecule has 0 fully saturated rings. The smallest absolute Gasteiger partial charge is 0.247 e. The molecule has 0 aliphatic carbocycles. The van der Waals surface area contributed by atoms with E-state index in [9.17, 15) is 18.7 Å². The number of nitrogens with one attached hydrogen (secondary N) is 2. The molecule has 4 aromatic rings. The number of rotatable bonds is 8. The van der Waals surface area contributed by atoms with Crippen molar-refractivity contribution >= 4 is 34.2 Å². The largest absolute Gasteiger partial charge is 0.494 e. The van der Waals surface area contributed by atoms with Gasteiger partial charge in [0.05, 0.1) is 32.2 Å². The van der Waals surface area contributed by atoms with E-state index < -0.39 is 29.2 Å². The van der Waals surface area contributed by atoms with Crippen molar-refractivity contribution in [2.75, 3.05) is 24.9 Å². The molecule has 1 aromatic carbocycles. The molecule has 35 heavy (non-hydrogen) atoms. The number of amides is 1. The van der Waals surface area contributed by atoms with Crippen molar-refractivity contribution in [2.45, 2.75) is 6.10 Å². The fraction of sp³-hybridized carbons (Fsp3) is 0.174. The minimum Gasteiger partial charge on any atom is -0.494 e. The van der Waals surface area contributed by atoms with Gasteiger partial charge in [-0.15, -0.1) is 0 Å². The van der Waals surface area contributed by atoms with Crippen molar-refractivity contribution in [1.29, 1.82) is 0 Å². The molecule has 1 amide bonds. The van der Waals surface area contributed by atoms with Crippen LogP contribution in [-0.2, 0) is 11.8 Å². The molecule has 182 valence electrons. The third kappa shape index (κ3) is 4.51. The van der Waals surface area contributed by atoms with Crippen LogP contribution in [-0.4, -0.2) is 40.0 Å². The summed E-state index contributed by atoms with van der Waals surface area (Å²) < 4.78 is 46.6. The quantitative estimate of drug-likeness (QED) is 0.322. The molecule has 1 unspecified atom stereocenters. The van der Waals surface area contributed by atoms with Crippen LogP contribution in [0.3, 0.4) is 0 Å². The van der Waals surface area contributed by atoms with Crippen LogP contribution in [0.25, 0.3) is 11.0 Å². The normalized spacial score (nSPS) is 11.8. The molecule has 0 radical (unpaired) electrons. The number of halogens is 2. The predicted molar refractivity (Wildman–Crippen MR) is 123 cm³/mol. The van der Waals surface area contributed by atoms with Crippen molar-refractivity contribution in [3.05, 3.63) is 66.2 Å². The number of ether oxygens (including phenoxy) is 2. The number of aliphatic hydroxyl groups excluding tert-OH is 1. The zero-order valence-electron chi connectivity index (χ0n) is 18.9. The fourth-order valence-electron chi connectivity index (χ4n) is 3.43. The average molecular weight is 485 g/mol. The second-order valence-electron chi connectivity index (χ2n) is 7.36. The number of carbonyl (C=O) groups excluding carboxylic acids is 1. The van der Waals surface area contributed by atoms with Gasteiger partial charge in [0, 0.05) is 18.5 Å². The molecule has 0 saturated carbocycles. The first-order valence-electron chi connectivity index (χ1n) is 10.2. The highest BCUT2D eigenvalue weighted by molar-refractivity contribution is 6.00. The van der Waals surface area contributed by atoms with Crippen molar-refractivity contribution in [3.8, 4) is 11.5 Å². The van der Waals surface area contributed by atoms with E-state index in [1.54, 1.807) is 19.3 Å². The van der Waals surface area contributed by atoms with Crippen LogP contribution in [0.15, 0.2) is 47.7 Å². The van der Waals surface area contributed by atoms with Crippen LogP contribution in [0.5, 0.6) is 11.5 Å². The molecule has 0 bridgehead atoms. The van der Waals surface area contributed by atoms with Crippen molar-refractivity contribution in [1.82, 2.24) is 14.8 Å². The van der Waals surface area contributed by atoms with Crippen LogP contribution < -0.4 is 20.1 Å². The first kappa shape index (κ1) is 23.7. The van der Waals surface area contributed by atoms with Crippen molar-refractivity contribution < 1.29 is 32.6 Å². The van der Waals surface area contributed by atoms with Gasteiger partial charge in [0.25, 0.3) is 0 Å². The molecule has 3 aromatic heterocycles. The highest BCUT2D eigenvalue weighted by atomic mass is 19.1. The summed E-state index contributed by atoms with van der Waals surface area (Å²) in [6.45, 7) is 3.42. The van der Waals surface area contributed by atoms with E-state index in [1.807, 2.05) is 0 Å². The standard InChI is InChI=1S/C23H21F2N5O5/c1-5-18(31)27-12-10-30(2)29-23(12)28-17-7-11-6-15(35-16(11)9-26-17)22(32)19-20(24)13(33-3)8-14(34-4)21(19)25/h5-10,22,32H,1H2,2-4H3,(H,27,31)(H,26,28,29). The Morgan fingerprint density at radius 3 is 2.54 bits per heavy atom. The van der Waals surface area contributed by atoms with Gasteiger partial charge in [0.2, 0.25) is 5.91 Å². The summed E-state index contributed by atoms with van der Waals surface area (Å²) in [4.78, 5) is 15.9. The summed E-state index contributed by atoms with van der Waals surface area (Å²) >= 11 is 0. The Labute approximate surface area is 197 Å². The predicted octanol–water partition coefficient (Wildman–Crippen LogP) is 3.81. The summed E-state index contributed by atoms with van der Waals surface area (Å²) in [7, 11) is 4.10. The molecule has 0 spiro atoms. The third-order valence-electron chi connectivity index (χ3n) is 5.09. The first-order valence-corrected chi connectivity index (χ1v) is 10.2. The monoisotopic (exact) mass is 485 g/mol. The van der Waals surface area contributed by atoms with Gasteiger partial charge in [-0.3, -0.25) is 9.48 Å². The van der Waals surface area contributed by atoms with Crippen LogP contribution in [0.2, 0.25) is 0 Å². The van der Waals surface area contributed by atoms with Gasteiger partial charge in [-0.25, -0.2) is 13.8 Å². The molecule has 0 aliphatic rings. The SMILES string of the molecule is C=CC(=O)Nc1cn(C)nc1Nc1cc2cc(C(O)c3c(F)c(OC)cc(OC)c3F)oc2cn1. The summed E-state index contributed by atoms with van der Waals surface area (Å²) in [5, 5.41) is 21.1. The number of hydrogen-bond acceptors (Lipinski definition) is 8. The minimum absolute atomic E-state index is 0.121. The lowest BCUT2D eigenvalue weighted by atomic mass is 10.0. The number of pyridine rings is 1. The second-order valence-corrected chi connectivity index (χ2v) is 7.36. The lowest BCUT2D eigenvalue weighted by molar-refractivity contribution is -0.111. The number of aromatic nitrogens is 3. The maximum atomic E-state index is 14.8. The lowest BCUT2D eigenvalue weighted by Crippen LogP contribution is -2.08. The van der Waals surface area contributed by atoms with E-state index in [0.717, 1.165) is 12.1 Å². The number of benzene rings is 1. The van der Waals surface area contributed by atoms with Gasteiger partial charge in [0.15, 0.2) is 34.5 Å². The highest BCUT2D eigenvalue weighted by Gasteiger charge is 2.29. The first-order chi connectivity index (χ1) is 16.7. The Hall–Kier alpha value is -4.45. The van der Waals surface area contributed by atoms with Crippen molar-refractivity contribution in [3.63, 3.8) is 0 Å². The number of fused-ring (bicyclic) bond motifs is 1. The Kier molecular flexibility index (Phi) is 6.38. The minimum atomic E-state index is -1.79. The van der Waals surface area contributed by atoms with Gasteiger partial charge in [0.1, 0.15) is 23.4 Å². The van der Waals surface area contributed by atoms with E-state index >= 15 is 0 Å². The zero-order chi connectivity index (χ0) is 25.3. The second kappa shape index (κ2) is 9.43. The Balaban J connectivity index is 1.67. The van der Waals surface area contributed by atoms with E-state index in [1.165, 1.54) is 31.2 Å². The number of methoxy groups -OCH3 is 2. The van der Waals surface area contributed by atoms with Crippen LogP contribution in [0.4, 0.5) is 26.1 Å².